The molecular weight excluding hydrogens is 530 g/mol. The third kappa shape index (κ3) is 8.47. The molecule has 3 aromatic rings. The van der Waals surface area contributed by atoms with Gasteiger partial charge in [0.15, 0.2) is 11.5 Å². The maximum Gasteiger partial charge on any atom is 0.224 e. The number of unbranched alkanes of at least 4 members (excludes halogenated alkanes) is 2. The van der Waals surface area contributed by atoms with E-state index in [4.69, 9.17) is 14.2 Å². The van der Waals surface area contributed by atoms with Gasteiger partial charge in [-0.05, 0) is 53.1 Å². The fourth-order valence-corrected chi connectivity index (χ4v) is 5.17. The van der Waals surface area contributed by atoms with E-state index in [-0.39, 0.29) is 23.7 Å². The number of nitrogens with zero attached hydrogens (tertiary/aromatic N) is 2. The molecule has 8 heteroatoms. The first-order valence-corrected chi connectivity index (χ1v) is 14.5. The van der Waals surface area contributed by atoms with Crippen LogP contribution in [0.1, 0.15) is 82.4 Å². The molecule has 8 nitrogen and oxygen atoms in total. The van der Waals surface area contributed by atoms with Gasteiger partial charge in [0.1, 0.15) is 5.75 Å². The van der Waals surface area contributed by atoms with Crippen molar-refractivity contribution in [3.63, 3.8) is 0 Å². The first kappa shape index (κ1) is 32.4. The van der Waals surface area contributed by atoms with Crippen LogP contribution < -0.4 is 24.4 Å². The summed E-state index contributed by atoms with van der Waals surface area (Å²) in [7, 11) is 4.83. The third-order valence-corrected chi connectivity index (χ3v) is 7.40. The van der Waals surface area contributed by atoms with Crippen LogP contribution in [-0.4, -0.2) is 38.6 Å². The number of methoxy groups -OCH3 is 3. The van der Waals surface area contributed by atoms with E-state index >= 15 is 0 Å². The number of pyridine rings is 1. The van der Waals surface area contributed by atoms with Crippen molar-refractivity contribution in [1.29, 1.82) is 0 Å². The molecule has 0 aliphatic heterocycles. The molecule has 0 saturated carbocycles. The van der Waals surface area contributed by atoms with Gasteiger partial charge in [-0.15, -0.1) is 0 Å². The molecule has 0 radical (unpaired) electrons. The molecule has 1 aromatic heterocycles. The first-order valence-electron chi connectivity index (χ1n) is 14.5. The summed E-state index contributed by atoms with van der Waals surface area (Å²) in [6.07, 6.45) is 8.39. The van der Waals surface area contributed by atoms with Crippen molar-refractivity contribution < 1.29 is 23.8 Å². The molecule has 42 heavy (non-hydrogen) atoms. The maximum absolute atomic E-state index is 13.7. The van der Waals surface area contributed by atoms with Gasteiger partial charge in [-0.2, -0.15) is 0 Å². The van der Waals surface area contributed by atoms with Gasteiger partial charge >= 0.3 is 0 Å². The predicted octanol–water partition coefficient (Wildman–Crippen LogP) is 7.26. The molecule has 0 bridgehead atoms. The molecule has 1 N–H and O–H groups in total. The average molecular weight is 576 g/mol. The second kappa shape index (κ2) is 15.2. The van der Waals surface area contributed by atoms with Gasteiger partial charge in [0, 0.05) is 41.8 Å². The quantitative estimate of drug-likeness (QED) is 0.152. The smallest absolute Gasteiger partial charge is 0.224 e. The Bertz CT molecular complexity index is 1320. The SMILES string of the molecule is CCCCCC(CC(=O)Nc1cc(CN(C=O)c2ccncc2)ccc1C(C)(C)C)c1cc(OC)c(OC)cc1OC. The van der Waals surface area contributed by atoms with E-state index in [1.165, 1.54) is 0 Å². The Morgan fingerprint density at radius 3 is 2.21 bits per heavy atom. The van der Waals surface area contributed by atoms with Crippen LogP contribution in [0.2, 0.25) is 0 Å². The molecule has 0 saturated heterocycles. The maximum atomic E-state index is 13.7. The minimum atomic E-state index is -0.205. The van der Waals surface area contributed by atoms with E-state index in [0.29, 0.717) is 23.8 Å². The number of anilines is 2. The fourth-order valence-electron chi connectivity index (χ4n) is 5.17. The predicted molar refractivity (Wildman–Crippen MR) is 168 cm³/mol. The summed E-state index contributed by atoms with van der Waals surface area (Å²) in [5.74, 6) is 1.69. The van der Waals surface area contributed by atoms with Gasteiger partial charge in [0.05, 0.1) is 27.9 Å². The van der Waals surface area contributed by atoms with Gasteiger partial charge in [-0.1, -0.05) is 59.1 Å². The van der Waals surface area contributed by atoms with Crippen molar-refractivity contribution in [2.24, 2.45) is 0 Å². The van der Waals surface area contributed by atoms with Crippen LogP contribution in [0.3, 0.4) is 0 Å². The summed E-state index contributed by atoms with van der Waals surface area (Å²) in [5.41, 5.74) is 4.14. The third-order valence-electron chi connectivity index (χ3n) is 7.40. The zero-order chi connectivity index (χ0) is 30.7. The molecule has 0 fully saturated rings. The highest BCUT2D eigenvalue weighted by Crippen LogP contribution is 2.41. The summed E-state index contributed by atoms with van der Waals surface area (Å²) >= 11 is 0. The highest BCUT2D eigenvalue weighted by atomic mass is 16.5. The van der Waals surface area contributed by atoms with Gasteiger partial charge < -0.3 is 24.4 Å². The Labute approximate surface area is 250 Å². The molecule has 0 spiro atoms. The molecule has 2 amide bonds. The number of carbonyl (C=O) groups is 2. The summed E-state index contributed by atoms with van der Waals surface area (Å²) < 4.78 is 16.8. The minimum Gasteiger partial charge on any atom is -0.496 e. The van der Waals surface area contributed by atoms with E-state index in [1.807, 2.05) is 30.3 Å². The van der Waals surface area contributed by atoms with Crippen LogP contribution in [-0.2, 0) is 21.5 Å². The first-order chi connectivity index (χ1) is 20.1. The van der Waals surface area contributed by atoms with Crippen LogP contribution in [0.15, 0.2) is 54.9 Å². The number of hydrogen-bond donors (Lipinski definition) is 1. The van der Waals surface area contributed by atoms with Gasteiger partial charge in [-0.3, -0.25) is 14.6 Å². The Morgan fingerprint density at radius 1 is 0.952 bits per heavy atom. The zero-order valence-corrected chi connectivity index (χ0v) is 26.0. The van der Waals surface area contributed by atoms with Gasteiger partial charge in [0.25, 0.3) is 0 Å². The second-order valence-corrected chi connectivity index (χ2v) is 11.5. The van der Waals surface area contributed by atoms with E-state index in [9.17, 15) is 9.59 Å². The molecule has 1 atom stereocenters. The van der Waals surface area contributed by atoms with Gasteiger partial charge in [0.2, 0.25) is 12.3 Å². The number of amides is 2. The molecule has 0 aliphatic rings. The molecule has 2 aromatic carbocycles. The van der Waals surface area contributed by atoms with Crippen LogP contribution in [0.4, 0.5) is 11.4 Å². The molecule has 1 unspecified atom stereocenters. The number of ether oxygens (including phenoxy) is 3. The lowest BCUT2D eigenvalue weighted by molar-refractivity contribution is -0.116. The van der Waals surface area contributed by atoms with E-state index in [1.54, 1.807) is 50.8 Å². The minimum absolute atomic E-state index is 0.0789. The zero-order valence-electron chi connectivity index (χ0n) is 26.0. The van der Waals surface area contributed by atoms with Crippen LogP contribution >= 0.6 is 0 Å². The van der Waals surface area contributed by atoms with Crippen molar-refractivity contribution in [2.45, 2.75) is 77.7 Å². The number of hydrogen-bond acceptors (Lipinski definition) is 6. The standard InChI is InChI=1S/C34H45N3O5/c1-8-9-10-11-25(27-20-31(41-6)32(42-7)21-30(27)40-5)19-33(39)36-29-18-24(12-13-28(29)34(2,3)4)22-37(23-38)26-14-16-35-17-15-26/h12-18,20-21,23,25H,8-11,19,22H2,1-7H3,(H,36,39). The van der Waals surface area contributed by atoms with Crippen molar-refractivity contribution in [1.82, 2.24) is 4.98 Å². The second-order valence-electron chi connectivity index (χ2n) is 11.5. The van der Waals surface area contributed by atoms with Crippen molar-refractivity contribution in [3.05, 3.63) is 71.5 Å². The topological polar surface area (TPSA) is 90.0 Å². The monoisotopic (exact) mass is 575 g/mol. The summed E-state index contributed by atoms with van der Waals surface area (Å²) in [6.45, 7) is 8.89. The Morgan fingerprint density at radius 2 is 1.62 bits per heavy atom. The number of benzene rings is 2. The fraction of sp³-hybridized carbons (Fsp3) is 0.441. The average Bonchev–Trinajstić information content (AvgIpc) is 2.98. The van der Waals surface area contributed by atoms with Crippen molar-refractivity contribution in [3.8, 4) is 17.2 Å². The van der Waals surface area contributed by atoms with E-state index in [0.717, 1.165) is 60.2 Å². The number of aromatic nitrogens is 1. The van der Waals surface area contributed by atoms with E-state index < -0.39 is 0 Å². The van der Waals surface area contributed by atoms with Crippen molar-refractivity contribution in [2.75, 3.05) is 31.5 Å². The number of nitrogens with one attached hydrogen (secondary N) is 1. The molecule has 1 heterocycles. The Hall–Kier alpha value is -4.07. The largest absolute Gasteiger partial charge is 0.496 e. The van der Waals surface area contributed by atoms with Gasteiger partial charge in [-0.25, -0.2) is 0 Å². The lowest BCUT2D eigenvalue weighted by atomic mass is 9.84. The normalized spacial score (nSPS) is 11.9. The lowest BCUT2D eigenvalue weighted by Gasteiger charge is -2.26. The number of carbonyl (C=O) groups excluding carboxylic acids is 2. The Kier molecular flexibility index (Phi) is 11.8. The van der Waals surface area contributed by atoms with Crippen LogP contribution in [0, 0.1) is 0 Å². The van der Waals surface area contributed by atoms with Crippen molar-refractivity contribution >= 4 is 23.7 Å². The summed E-state index contributed by atoms with van der Waals surface area (Å²) in [5, 5.41) is 3.22. The molecule has 3 rings (SSSR count). The van der Waals surface area contributed by atoms with Crippen LogP contribution in [0.5, 0.6) is 17.2 Å². The molecular formula is C34H45N3O5. The highest BCUT2D eigenvalue weighted by molar-refractivity contribution is 5.92. The summed E-state index contributed by atoms with van der Waals surface area (Å²) in [4.78, 5) is 31.3. The lowest BCUT2D eigenvalue weighted by Crippen LogP contribution is -2.23. The summed E-state index contributed by atoms with van der Waals surface area (Å²) in [6, 6.07) is 13.4. The highest BCUT2D eigenvalue weighted by Gasteiger charge is 2.25. The van der Waals surface area contributed by atoms with Crippen LogP contribution in [0.25, 0.3) is 0 Å². The molecule has 0 aliphatic carbocycles. The van der Waals surface area contributed by atoms with E-state index in [2.05, 4.69) is 38.0 Å². The Balaban J connectivity index is 1.92. The number of rotatable bonds is 15. The molecule has 226 valence electrons.